The summed E-state index contributed by atoms with van der Waals surface area (Å²) in [6.07, 6.45) is 0. The number of hydrogen-bond acceptors (Lipinski definition) is 4. The molecule has 0 amide bonds. The topological polar surface area (TPSA) is 79.8 Å². The smallest absolute Gasteiger partial charge is 0.325 e. The van der Waals surface area contributed by atoms with Crippen LogP contribution in [0.1, 0.15) is 0 Å². The van der Waals surface area contributed by atoms with Crippen molar-refractivity contribution < 1.29 is 0 Å². The standard InChI is InChI=1S/C15H12N4O2/c20-14-17-13(16-11-7-3-1-4-8-11)19(15(21)18-14)12-9-5-2-6-10-12/h1-10H,(H2,16,17,18,20,21). The number of H-pyrrole nitrogens is 1. The fraction of sp³-hybridized carbons (Fsp3) is 0. The van der Waals surface area contributed by atoms with Crippen LogP contribution in [0.2, 0.25) is 0 Å². The second kappa shape index (κ2) is 5.46. The van der Waals surface area contributed by atoms with Gasteiger partial charge in [0.05, 0.1) is 5.69 Å². The third kappa shape index (κ3) is 2.74. The molecule has 3 aromatic rings. The second-order valence-corrected chi connectivity index (χ2v) is 4.33. The number of anilines is 2. The van der Waals surface area contributed by atoms with Crippen LogP contribution in [0.5, 0.6) is 0 Å². The minimum atomic E-state index is -0.689. The number of para-hydroxylation sites is 2. The molecule has 0 saturated carbocycles. The quantitative estimate of drug-likeness (QED) is 0.764. The summed E-state index contributed by atoms with van der Waals surface area (Å²) < 4.78 is 1.31. The molecule has 2 aromatic carbocycles. The van der Waals surface area contributed by atoms with E-state index in [1.165, 1.54) is 4.57 Å². The Labute approximate surface area is 119 Å². The van der Waals surface area contributed by atoms with Crippen LogP contribution in [0, 0.1) is 0 Å². The first kappa shape index (κ1) is 12.9. The van der Waals surface area contributed by atoms with Crippen LogP contribution in [-0.4, -0.2) is 14.5 Å². The third-order valence-electron chi connectivity index (χ3n) is 2.88. The minimum absolute atomic E-state index is 0.168. The zero-order chi connectivity index (χ0) is 14.7. The van der Waals surface area contributed by atoms with Gasteiger partial charge in [0.25, 0.3) is 0 Å². The predicted molar refractivity (Wildman–Crippen MR) is 80.2 cm³/mol. The number of aromatic amines is 1. The van der Waals surface area contributed by atoms with Gasteiger partial charge in [0.1, 0.15) is 0 Å². The zero-order valence-corrected chi connectivity index (χ0v) is 11.0. The third-order valence-corrected chi connectivity index (χ3v) is 2.88. The van der Waals surface area contributed by atoms with Crippen LogP contribution in [0.3, 0.4) is 0 Å². The molecule has 6 nitrogen and oxygen atoms in total. The molecular weight excluding hydrogens is 268 g/mol. The zero-order valence-electron chi connectivity index (χ0n) is 11.0. The van der Waals surface area contributed by atoms with Crippen molar-refractivity contribution in [3.8, 4) is 5.69 Å². The SMILES string of the molecule is O=c1nc(Nc2ccccc2)n(-c2ccccc2)c(=O)[nH]1. The number of benzene rings is 2. The Morgan fingerprint density at radius 2 is 1.52 bits per heavy atom. The maximum absolute atomic E-state index is 12.1. The van der Waals surface area contributed by atoms with Crippen molar-refractivity contribution in [3.05, 3.63) is 81.6 Å². The molecule has 0 fully saturated rings. The van der Waals surface area contributed by atoms with E-state index < -0.39 is 11.4 Å². The molecule has 0 aliphatic rings. The molecule has 21 heavy (non-hydrogen) atoms. The molecule has 0 aliphatic carbocycles. The highest BCUT2D eigenvalue weighted by Crippen LogP contribution is 2.14. The van der Waals surface area contributed by atoms with Crippen molar-refractivity contribution in [3.63, 3.8) is 0 Å². The van der Waals surface area contributed by atoms with Gasteiger partial charge in [-0.3, -0.25) is 4.98 Å². The van der Waals surface area contributed by atoms with Gasteiger partial charge in [-0.05, 0) is 24.3 Å². The summed E-state index contributed by atoms with van der Waals surface area (Å²) in [5, 5.41) is 2.98. The summed E-state index contributed by atoms with van der Waals surface area (Å²) in [5.74, 6) is 0.168. The monoisotopic (exact) mass is 280 g/mol. The van der Waals surface area contributed by atoms with E-state index in [0.717, 1.165) is 5.69 Å². The van der Waals surface area contributed by atoms with Gasteiger partial charge >= 0.3 is 11.4 Å². The molecule has 0 radical (unpaired) electrons. The second-order valence-electron chi connectivity index (χ2n) is 4.33. The summed E-state index contributed by atoms with van der Waals surface area (Å²) in [4.78, 5) is 29.6. The summed E-state index contributed by atoms with van der Waals surface area (Å²) in [6.45, 7) is 0. The Balaban J connectivity index is 2.16. The molecule has 2 N–H and O–H groups in total. The van der Waals surface area contributed by atoms with E-state index in [1.807, 2.05) is 36.4 Å². The average Bonchev–Trinajstić information content (AvgIpc) is 2.48. The van der Waals surface area contributed by atoms with Gasteiger partial charge in [0.2, 0.25) is 5.95 Å². The maximum Gasteiger partial charge on any atom is 0.352 e. The van der Waals surface area contributed by atoms with E-state index >= 15 is 0 Å². The first-order chi connectivity index (χ1) is 10.2. The molecule has 1 heterocycles. The largest absolute Gasteiger partial charge is 0.352 e. The van der Waals surface area contributed by atoms with Crippen molar-refractivity contribution in [2.75, 3.05) is 5.32 Å². The highest BCUT2D eigenvalue weighted by Gasteiger charge is 2.09. The maximum atomic E-state index is 12.1. The average molecular weight is 280 g/mol. The fourth-order valence-corrected chi connectivity index (χ4v) is 1.97. The van der Waals surface area contributed by atoms with Gasteiger partial charge in [-0.25, -0.2) is 14.2 Å². The van der Waals surface area contributed by atoms with Crippen molar-refractivity contribution in [1.29, 1.82) is 0 Å². The first-order valence-electron chi connectivity index (χ1n) is 6.35. The lowest BCUT2D eigenvalue weighted by atomic mass is 10.3. The summed E-state index contributed by atoms with van der Waals surface area (Å²) >= 11 is 0. The lowest BCUT2D eigenvalue weighted by Crippen LogP contribution is -2.32. The summed E-state index contributed by atoms with van der Waals surface area (Å²) in [5.41, 5.74) is 0.120. The van der Waals surface area contributed by atoms with Crippen molar-refractivity contribution in [1.82, 2.24) is 14.5 Å². The summed E-state index contributed by atoms with van der Waals surface area (Å²) in [7, 11) is 0. The number of hydrogen-bond donors (Lipinski definition) is 2. The Bertz CT molecular complexity index is 854. The normalized spacial score (nSPS) is 10.3. The lowest BCUT2D eigenvalue weighted by molar-refractivity contribution is 0.842. The summed E-state index contributed by atoms with van der Waals surface area (Å²) in [6, 6.07) is 18.2. The molecule has 104 valence electrons. The van der Waals surface area contributed by atoms with Crippen molar-refractivity contribution >= 4 is 11.6 Å². The Morgan fingerprint density at radius 3 is 2.19 bits per heavy atom. The van der Waals surface area contributed by atoms with Crippen LogP contribution in [0.25, 0.3) is 5.69 Å². The molecule has 3 rings (SSSR count). The lowest BCUT2D eigenvalue weighted by Gasteiger charge is -2.12. The van der Waals surface area contributed by atoms with Crippen LogP contribution in [-0.2, 0) is 0 Å². The van der Waals surface area contributed by atoms with E-state index in [1.54, 1.807) is 24.3 Å². The Morgan fingerprint density at radius 1 is 0.905 bits per heavy atom. The van der Waals surface area contributed by atoms with Crippen molar-refractivity contribution in [2.24, 2.45) is 0 Å². The molecule has 0 unspecified atom stereocenters. The van der Waals surface area contributed by atoms with Crippen LogP contribution < -0.4 is 16.7 Å². The van der Waals surface area contributed by atoms with Crippen LogP contribution in [0.4, 0.5) is 11.6 Å². The van der Waals surface area contributed by atoms with E-state index in [-0.39, 0.29) is 5.95 Å². The van der Waals surface area contributed by atoms with Gasteiger partial charge in [-0.15, -0.1) is 0 Å². The Hall–Kier alpha value is -3.15. The minimum Gasteiger partial charge on any atom is -0.325 e. The van der Waals surface area contributed by atoms with Crippen LogP contribution in [0.15, 0.2) is 70.3 Å². The first-order valence-corrected chi connectivity index (χ1v) is 6.35. The van der Waals surface area contributed by atoms with E-state index in [9.17, 15) is 9.59 Å². The number of nitrogens with zero attached hydrogens (tertiary/aromatic N) is 2. The molecule has 0 saturated heterocycles. The molecule has 0 bridgehead atoms. The molecular formula is C15H12N4O2. The van der Waals surface area contributed by atoms with Crippen LogP contribution >= 0.6 is 0 Å². The predicted octanol–water partition coefficient (Wildman–Crippen LogP) is 1.66. The van der Waals surface area contributed by atoms with E-state index in [4.69, 9.17) is 0 Å². The van der Waals surface area contributed by atoms with Gasteiger partial charge < -0.3 is 5.32 Å². The molecule has 1 aromatic heterocycles. The Kier molecular flexibility index (Phi) is 3.34. The molecule has 6 heteroatoms. The number of nitrogens with one attached hydrogen (secondary N) is 2. The van der Waals surface area contributed by atoms with Gasteiger partial charge in [-0.2, -0.15) is 4.98 Å². The molecule has 0 spiro atoms. The fourth-order valence-electron chi connectivity index (χ4n) is 1.97. The van der Waals surface area contributed by atoms with Gasteiger partial charge in [0, 0.05) is 5.69 Å². The highest BCUT2D eigenvalue weighted by atomic mass is 16.2. The van der Waals surface area contributed by atoms with Gasteiger partial charge in [0.15, 0.2) is 0 Å². The van der Waals surface area contributed by atoms with E-state index in [0.29, 0.717) is 5.69 Å². The molecule has 0 atom stereocenters. The number of aromatic nitrogens is 3. The number of rotatable bonds is 3. The highest BCUT2D eigenvalue weighted by molar-refractivity contribution is 5.55. The van der Waals surface area contributed by atoms with E-state index in [2.05, 4.69) is 15.3 Å². The van der Waals surface area contributed by atoms with Crippen molar-refractivity contribution in [2.45, 2.75) is 0 Å². The molecule has 0 aliphatic heterocycles. The van der Waals surface area contributed by atoms with Gasteiger partial charge in [-0.1, -0.05) is 36.4 Å².